The lowest BCUT2D eigenvalue weighted by Crippen LogP contribution is -2.09. The third-order valence-electron chi connectivity index (χ3n) is 3.89. The van der Waals surface area contributed by atoms with Gasteiger partial charge >= 0.3 is 11.9 Å². The number of aliphatic hydroxyl groups is 2. The van der Waals surface area contributed by atoms with Crippen molar-refractivity contribution in [2.45, 2.75) is 0 Å². The van der Waals surface area contributed by atoms with Crippen molar-refractivity contribution in [3.05, 3.63) is 83.9 Å². The SMILES string of the molecule is O=C(Oc1ccc(OC(=O)c2ccc(OCO)cc2)cc1)c1ccc(OCO)cc1. The van der Waals surface area contributed by atoms with Crippen molar-refractivity contribution >= 4 is 11.9 Å². The molecule has 0 amide bonds. The van der Waals surface area contributed by atoms with Crippen LogP contribution in [0.1, 0.15) is 20.7 Å². The summed E-state index contributed by atoms with van der Waals surface area (Å²) in [6, 6.07) is 18.2. The summed E-state index contributed by atoms with van der Waals surface area (Å²) in [7, 11) is 0. The maximum Gasteiger partial charge on any atom is 0.343 e. The number of hydrogen-bond donors (Lipinski definition) is 2. The van der Waals surface area contributed by atoms with Crippen LogP contribution in [-0.2, 0) is 0 Å². The molecular weight excluding hydrogens is 392 g/mol. The van der Waals surface area contributed by atoms with Gasteiger partial charge in [-0.3, -0.25) is 0 Å². The number of carbonyl (C=O) groups excluding carboxylic acids is 2. The smallest absolute Gasteiger partial charge is 0.343 e. The highest BCUT2D eigenvalue weighted by Gasteiger charge is 2.11. The molecule has 0 bridgehead atoms. The lowest BCUT2D eigenvalue weighted by Gasteiger charge is -2.08. The summed E-state index contributed by atoms with van der Waals surface area (Å²) in [4.78, 5) is 24.4. The average Bonchev–Trinajstić information content (AvgIpc) is 2.76. The highest BCUT2D eigenvalue weighted by molar-refractivity contribution is 5.92. The summed E-state index contributed by atoms with van der Waals surface area (Å²) < 4.78 is 20.4. The number of aliphatic hydroxyl groups excluding tert-OH is 2. The van der Waals surface area contributed by atoms with Crippen molar-refractivity contribution < 1.29 is 38.7 Å². The molecule has 154 valence electrons. The van der Waals surface area contributed by atoms with E-state index >= 15 is 0 Å². The molecule has 0 heterocycles. The molecule has 0 aromatic heterocycles. The molecule has 3 aromatic rings. The van der Waals surface area contributed by atoms with Crippen LogP contribution in [-0.4, -0.2) is 35.7 Å². The first-order valence-corrected chi connectivity index (χ1v) is 8.81. The normalized spacial score (nSPS) is 10.2. The molecule has 0 radical (unpaired) electrons. The predicted octanol–water partition coefficient (Wildman–Crippen LogP) is 2.78. The third kappa shape index (κ3) is 5.57. The van der Waals surface area contributed by atoms with E-state index in [1.807, 2.05) is 0 Å². The molecule has 3 aromatic carbocycles. The molecular formula is C22H18O8. The molecule has 0 aliphatic heterocycles. The fourth-order valence-electron chi connectivity index (χ4n) is 2.43. The maximum atomic E-state index is 12.2. The van der Waals surface area contributed by atoms with Crippen LogP contribution < -0.4 is 18.9 Å². The van der Waals surface area contributed by atoms with Gasteiger partial charge in [0.25, 0.3) is 0 Å². The first kappa shape index (κ1) is 20.8. The zero-order chi connectivity index (χ0) is 21.3. The Kier molecular flexibility index (Phi) is 6.99. The summed E-state index contributed by atoms with van der Waals surface area (Å²) >= 11 is 0. The second-order valence-electron chi connectivity index (χ2n) is 5.85. The summed E-state index contributed by atoms with van der Waals surface area (Å²) in [5, 5.41) is 17.4. The summed E-state index contributed by atoms with van der Waals surface area (Å²) in [6.07, 6.45) is 0. The summed E-state index contributed by atoms with van der Waals surface area (Å²) in [5.74, 6) is 0.273. The highest BCUT2D eigenvalue weighted by atomic mass is 16.6. The average molecular weight is 410 g/mol. The van der Waals surface area contributed by atoms with E-state index in [0.717, 1.165) is 0 Å². The Morgan fingerprint density at radius 2 is 0.833 bits per heavy atom. The van der Waals surface area contributed by atoms with Gasteiger partial charge in [-0.25, -0.2) is 9.59 Å². The largest absolute Gasteiger partial charge is 0.468 e. The van der Waals surface area contributed by atoms with Gasteiger partial charge in [-0.15, -0.1) is 0 Å². The van der Waals surface area contributed by atoms with E-state index in [1.54, 1.807) is 0 Å². The molecule has 0 fully saturated rings. The quantitative estimate of drug-likeness (QED) is 0.331. The van der Waals surface area contributed by atoms with E-state index in [0.29, 0.717) is 22.6 Å². The molecule has 0 unspecified atom stereocenters. The van der Waals surface area contributed by atoms with E-state index < -0.39 is 25.5 Å². The molecule has 30 heavy (non-hydrogen) atoms. The topological polar surface area (TPSA) is 112 Å². The standard InChI is InChI=1S/C22H18O8/c23-13-27-17-5-1-15(2-6-17)21(25)29-19-9-11-20(12-10-19)30-22(26)16-3-7-18(8-4-16)28-14-24/h1-12,23-24H,13-14H2. The van der Waals surface area contributed by atoms with E-state index in [1.165, 1.54) is 72.8 Å². The van der Waals surface area contributed by atoms with Crippen LogP contribution in [0.15, 0.2) is 72.8 Å². The molecule has 0 aliphatic carbocycles. The van der Waals surface area contributed by atoms with Crippen LogP contribution in [0.3, 0.4) is 0 Å². The van der Waals surface area contributed by atoms with Crippen LogP contribution in [0.4, 0.5) is 0 Å². The van der Waals surface area contributed by atoms with E-state index in [9.17, 15) is 9.59 Å². The Bertz CT molecular complexity index is 897. The van der Waals surface area contributed by atoms with Crippen LogP contribution >= 0.6 is 0 Å². The predicted molar refractivity (Wildman–Crippen MR) is 105 cm³/mol. The molecule has 0 atom stereocenters. The van der Waals surface area contributed by atoms with Gasteiger partial charge in [0.1, 0.15) is 23.0 Å². The minimum atomic E-state index is -0.569. The number of carbonyl (C=O) groups is 2. The van der Waals surface area contributed by atoms with E-state index in [-0.39, 0.29) is 11.5 Å². The highest BCUT2D eigenvalue weighted by Crippen LogP contribution is 2.21. The van der Waals surface area contributed by atoms with Gasteiger partial charge in [0.15, 0.2) is 13.6 Å². The Morgan fingerprint density at radius 3 is 1.13 bits per heavy atom. The molecule has 0 saturated heterocycles. The monoisotopic (exact) mass is 410 g/mol. The zero-order valence-corrected chi connectivity index (χ0v) is 15.7. The number of ether oxygens (including phenoxy) is 4. The number of benzene rings is 3. The molecule has 2 N–H and O–H groups in total. The second-order valence-corrected chi connectivity index (χ2v) is 5.85. The van der Waals surface area contributed by atoms with Crippen molar-refractivity contribution in [3.8, 4) is 23.0 Å². The van der Waals surface area contributed by atoms with Gasteiger partial charge < -0.3 is 29.2 Å². The third-order valence-corrected chi connectivity index (χ3v) is 3.89. The van der Waals surface area contributed by atoms with Crippen LogP contribution in [0.25, 0.3) is 0 Å². The fourth-order valence-corrected chi connectivity index (χ4v) is 2.43. The number of hydrogen-bond acceptors (Lipinski definition) is 8. The van der Waals surface area contributed by atoms with Gasteiger partial charge in [0.05, 0.1) is 11.1 Å². The lowest BCUT2D eigenvalue weighted by atomic mass is 10.2. The maximum absolute atomic E-state index is 12.2. The fraction of sp³-hybridized carbons (Fsp3) is 0.0909. The van der Waals surface area contributed by atoms with Crippen molar-refractivity contribution in [1.82, 2.24) is 0 Å². The Labute approximate surface area is 171 Å². The van der Waals surface area contributed by atoms with Gasteiger partial charge in [-0.2, -0.15) is 0 Å². The van der Waals surface area contributed by atoms with E-state index in [4.69, 9.17) is 29.2 Å². The van der Waals surface area contributed by atoms with Gasteiger partial charge in [-0.1, -0.05) is 0 Å². The van der Waals surface area contributed by atoms with Crippen molar-refractivity contribution in [1.29, 1.82) is 0 Å². The molecule has 3 rings (SSSR count). The van der Waals surface area contributed by atoms with Crippen LogP contribution in [0, 0.1) is 0 Å². The van der Waals surface area contributed by atoms with Gasteiger partial charge in [0, 0.05) is 0 Å². The minimum absolute atomic E-state index is 0.279. The Hall–Kier alpha value is -3.88. The molecule has 8 nitrogen and oxygen atoms in total. The van der Waals surface area contributed by atoms with Crippen LogP contribution in [0.5, 0.6) is 23.0 Å². The zero-order valence-electron chi connectivity index (χ0n) is 15.7. The Balaban J connectivity index is 1.57. The van der Waals surface area contributed by atoms with Crippen molar-refractivity contribution in [2.75, 3.05) is 13.6 Å². The van der Waals surface area contributed by atoms with Crippen LogP contribution in [0.2, 0.25) is 0 Å². The van der Waals surface area contributed by atoms with Crippen molar-refractivity contribution in [3.63, 3.8) is 0 Å². The van der Waals surface area contributed by atoms with Gasteiger partial charge in [-0.05, 0) is 72.8 Å². The molecule has 0 aliphatic rings. The minimum Gasteiger partial charge on any atom is -0.468 e. The van der Waals surface area contributed by atoms with Crippen molar-refractivity contribution in [2.24, 2.45) is 0 Å². The first-order chi connectivity index (χ1) is 14.6. The summed E-state index contributed by atoms with van der Waals surface area (Å²) in [5.41, 5.74) is 0.619. The number of rotatable bonds is 8. The molecule has 8 heteroatoms. The summed E-state index contributed by atoms with van der Waals surface area (Å²) in [6.45, 7) is -0.908. The lowest BCUT2D eigenvalue weighted by molar-refractivity contribution is 0.0719. The number of esters is 2. The van der Waals surface area contributed by atoms with E-state index in [2.05, 4.69) is 0 Å². The van der Waals surface area contributed by atoms with Gasteiger partial charge in [0.2, 0.25) is 0 Å². The first-order valence-electron chi connectivity index (χ1n) is 8.81. The second kappa shape index (κ2) is 10.1. The Morgan fingerprint density at radius 1 is 0.533 bits per heavy atom. The molecule has 0 saturated carbocycles. The molecule has 0 spiro atoms.